The quantitative estimate of drug-likeness (QED) is 0.795. The number of carbonyl (C=O) groups excluding carboxylic acids is 1. The molecule has 5 nitrogen and oxygen atoms in total. The van der Waals surface area contributed by atoms with Crippen molar-refractivity contribution in [3.8, 4) is 5.75 Å². The zero-order valence-electron chi connectivity index (χ0n) is 17.5. The highest BCUT2D eigenvalue weighted by Crippen LogP contribution is 2.25. The maximum absolute atomic E-state index is 13.8. The van der Waals surface area contributed by atoms with E-state index in [2.05, 4.69) is 10.2 Å². The standard InChI is InChI=1S/C24H30FN3O2/c1-18-5-4-6-19(17-18)26-24(29)28-13-9-20(10-14-28)27-15-11-21(12-16-27)30-23-8-3-2-7-22(23)25/h2-8,17,20-21H,9-16H2,1H3,(H,26,29). The second-order valence-electron chi connectivity index (χ2n) is 8.30. The lowest BCUT2D eigenvalue weighted by molar-refractivity contribution is 0.0529. The maximum Gasteiger partial charge on any atom is 0.321 e. The van der Waals surface area contributed by atoms with E-state index in [1.54, 1.807) is 18.2 Å². The summed E-state index contributed by atoms with van der Waals surface area (Å²) >= 11 is 0. The number of carbonyl (C=O) groups is 1. The summed E-state index contributed by atoms with van der Waals surface area (Å²) < 4.78 is 19.7. The Morgan fingerprint density at radius 3 is 2.43 bits per heavy atom. The van der Waals surface area contributed by atoms with Crippen LogP contribution in [-0.2, 0) is 0 Å². The number of para-hydroxylation sites is 1. The van der Waals surface area contributed by atoms with Crippen LogP contribution in [0.5, 0.6) is 5.75 Å². The third-order valence-corrected chi connectivity index (χ3v) is 6.14. The second kappa shape index (κ2) is 9.47. The van der Waals surface area contributed by atoms with Crippen molar-refractivity contribution >= 4 is 11.7 Å². The third kappa shape index (κ3) is 5.11. The topological polar surface area (TPSA) is 44.8 Å². The molecule has 0 spiro atoms. The number of piperidine rings is 2. The van der Waals surface area contributed by atoms with Crippen LogP contribution in [0.1, 0.15) is 31.2 Å². The molecule has 2 saturated heterocycles. The van der Waals surface area contributed by atoms with Gasteiger partial charge in [-0.25, -0.2) is 9.18 Å². The Labute approximate surface area is 177 Å². The first-order valence-corrected chi connectivity index (χ1v) is 10.9. The number of anilines is 1. The lowest BCUT2D eigenvalue weighted by Crippen LogP contribution is -2.50. The highest BCUT2D eigenvalue weighted by Gasteiger charge is 2.30. The van der Waals surface area contributed by atoms with E-state index in [-0.39, 0.29) is 18.0 Å². The lowest BCUT2D eigenvalue weighted by Gasteiger charge is -2.41. The zero-order chi connectivity index (χ0) is 20.9. The second-order valence-corrected chi connectivity index (χ2v) is 8.30. The minimum absolute atomic E-state index is 0.0176. The number of rotatable bonds is 4. The Kier molecular flexibility index (Phi) is 6.53. The summed E-state index contributed by atoms with van der Waals surface area (Å²) in [7, 11) is 0. The number of halogens is 1. The molecule has 4 rings (SSSR count). The molecule has 0 atom stereocenters. The molecule has 30 heavy (non-hydrogen) atoms. The van der Waals surface area contributed by atoms with Crippen molar-refractivity contribution in [2.75, 3.05) is 31.5 Å². The van der Waals surface area contributed by atoms with Crippen molar-refractivity contribution in [1.82, 2.24) is 9.80 Å². The van der Waals surface area contributed by atoms with Crippen LogP contribution >= 0.6 is 0 Å². The molecule has 1 N–H and O–H groups in total. The van der Waals surface area contributed by atoms with Gasteiger partial charge >= 0.3 is 6.03 Å². The Hall–Kier alpha value is -2.60. The van der Waals surface area contributed by atoms with Gasteiger partial charge in [-0.1, -0.05) is 24.3 Å². The Morgan fingerprint density at radius 2 is 1.73 bits per heavy atom. The van der Waals surface area contributed by atoms with Crippen molar-refractivity contribution in [2.45, 2.75) is 44.8 Å². The fraction of sp³-hybridized carbons (Fsp3) is 0.458. The maximum atomic E-state index is 13.8. The van der Waals surface area contributed by atoms with Crippen molar-refractivity contribution < 1.29 is 13.9 Å². The molecule has 0 saturated carbocycles. The van der Waals surface area contributed by atoms with Gasteiger partial charge < -0.3 is 15.0 Å². The van der Waals surface area contributed by atoms with Gasteiger partial charge in [0.15, 0.2) is 11.6 Å². The molecule has 0 bridgehead atoms. The molecule has 2 aliphatic rings. The predicted molar refractivity (Wildman–Crippen MR) is 116 cm³/mol. The van der Waals surface area contributed by atoms with Gasteiger partial charge in [0, 0.05) is 37.9 Å². The average Bonchev–Trinajstić information content (AvgIpc) is 2.76. The number of ether oxygens (including phenoxy) is 1. The molecule has 6 heteroatoms. The van der Waals surface area contributed by atoms with E-state index in [4.69, 9.17) is 4.74 Å². The molecule has 160 valence electrons. The summed E-state index contributed by atoms with van der Waals surface area (Å²) in [6, 6.07) is 15.0. The molecule has 0 radical (unpaired) electrons. The Balaban J connectivity index is 1.21. The van der Waals surface area contributed by atoms with Gasteiger partial charge in [0.2, 0.25) is 0 Å². The SMILES string of the molecule is Cc1cccc(NC(=O)N2CCC(N3CCC(Oc4ccccc4F)CC3)CC2)c1. The molecular weight excluding hydrogens is 381 g/mol. The van der Waals surface area contributed by atoms with E-state index >= 15 is 0 Å². The summed E-state index contributed by atoms with van der Waals surface area (Å²) in [5.74, 6) is 0.0557. The molecule has 2 fully saturated rings. The Bertz CT molecular complexity index is 859. The van der Waals surface area contributed by atoms with E-state index in [0.29, 0.717) is 11.8 Å². The highest BCUT2D eigenvalue weighted by atomic mass is 19.1. The number of hydrogen-bond donors (Lipinski definition) is 1. The van der Waals surface area contributed by atoms with Gasteiger partial charge in [0.05, 0.1) is 0 Å². The first kappa shape index (κ1) is 20.7. The summed E-state index contributed by atoms with van der Waals surface area (Å²) in [6.07, 6.45) is 3.85. The third-order valence-electron chi connectivity index (χ3n) is 6.14. The predicted octanol–water partition coefficient (Wildman–Crippen LogP) is 4.67. The first-order valence-electron chi connectivity index (χ1n) is 10.9. The number of benzene rings is 2. The van der Waals surface area contributed by atoms with Crippen LogP contribution in [0.25, 0.3) is 0 Å². The Morgan fingerprint density at radius 1 is 1.00 bits per heavy atom. The van der Waals surface area contributed by atoms with Gasteiger partial charge in [-0.2, -0.15) is 0 Å². The number of likely N-dealkylation sites (tertiary alicyclic amines) is 2. The van der Waals surface area contributed by atoms with Gasteiger partial charge in [0.1, 0.15) is 6.10 Å². The molecule has 2 aromatic rings. The lowest BCUT2D eigenvalue weighted by atomic mass is 9.99. The van der Waals surface area contributed by atoms with Gasteiger partial charge in [-0.15, -0.1) is 0 Å². The van der Waals surface area contributed by atoms with Crippen molar-refractivity contribution in [2.24, 2.45) is 0 Å². The summed E-state index contributed by atoms with van der Waals surface area (Å²) in [6.45, 7) is 5.48. The minimum Gasteiger partial charge on any atom is -0.487 e. The summed E-state index contributed by atoms with van der Waals surface area (Å²) in [5, 5.41) is 3.01. The molecule has 0 aromatic heterocycles. The molecule has 2 amide bonds. The molecule has 2 aromatic carbocycles. The van der Waals surface area contributed by atoms with E-state index in [9.17, 15) is 9.18 Å². The van der Waals surface area contributed by atoms with Crippen LogP contribution in [0.2, 0.25) is 0 Å². The van der Waals surface area contributed by atoms with E-state index in [0.717, 1.165) is 63.1 Å². The summed E-state index contributed by atoms with van der Waals surface area (Å²) in [4.78, 5) is 17.0. The van der Waals surface area contributed by atoms with Crippen LogP contribution in [0, 0.1) is 12.7 Å². The molecular formula is C24H30FN3O2. The average molecular weight is 412 g/mol. The largest absolute Gasteiger partial charge is 0.487 e. The first-order chi connectivity index (χ1) is 14.6. The number of hydrogen-bond acceptors (Lipinski definition) is 3. The smallest absolute Gasteiger partial charge is 0.321 e. The van der Waals surface area contributed by atoms with E-state index in [1.165, 1.54) is 6.07 Å². The highest BCUT2D eigenvalue weighted by molar-refractivity contribution is 5.89. The fourth-order valence-electron chi connectivity index (χ4n) is 4.44. The van der Waals surface area contributed by atoms with E-state index in [1.807, 2.05) is 36.1 Å². The number of amides is 2. The molecule has 2 heterocycles. The number of urea groups is 1. The van der Waals surface area contributed by atoms with Crippen LogP contribution in [0.15, 0.2) is 48.5 Å². The normalized spacial score (nSPS) is 18.9. The summed E-state index contributed by atoms with van der Waals surface area (Å²) in [5.41, 5.74) is 1.98. The molecule has 2 aliphatic heterocycles. The van der Waals surface area contributed by atoms with Crippen molar-refractivity contribution in [3.05, 3.63) is 59.9 Å². The number of nitrogens with zero attached hydrogens (tertiary/aromatic N) is 2. The van der Waals surface area contributed by atoms with Crippen LogP contribution < -0.4 is 10.1 Å². The van der Waals surface area contributed by atoms with Gasteiger partial charge in [-0.3, -0.25) is 4.90 Å². The van der Waals surface area contributed by atoms with Crippen molar-refractivity contribution in [3.63, 3.8) is 0 Å². The number of aryl methyl sites for hydroxylation is 1. The monoisotopic (exact) mass is 411 g/mol. The molecule has 0 unspecified atom stereocenters. The van der Waals surface area contributed by atoms with Crippen LogP contribution in [-0.4, -0.2) is 54.2 Å². The van der Waals surface area contributed by atoms with Gasteiger partial charge in [0.25, 0.3) is 0 Å². The fourth-order valence-corrected chi connectivity index (χ4v) is 4.44. The molecule has 0 aliphatic carbocycles. The zero-order valence-corrected chi connectivity index (χ0v) is 17.5. The minimum atomic E-state index is -0.295. The van der Waals surface area contributed by atoms with E-state index < -0.39 is 0 Å². The van der Waals surface area contributed by atoms with Crippen LogP contribution in [0.4, 0.5) is 14.9 Å². The van der Waals surface area contributed by atoms with Crippen molar-refractivity contribution in [1.29, 1.82) is 0 Å². The number of nitrogens with one attached hydrogen (secondary N) is 1. The van der Waals surface area contributed by atoms with Crippen LogP contribution in [0.3, 0.4) is 0 Å². The van der Waals surface area contributed by atoms with Gasteiger partial charge in [-0.05, 0) is 62.4 Å².